The van der Waals surface area contributed by atoms with E-state index in [2.05, 4.69) is 0 Å². The fourth-order valence-corrected chi connectivity index (χ4v) is 3.83. The maximum absolute atomic E-state index is 12.7. The van der Waals surface area contributed by atoms with Gasteiger partial charge in [0, 0.05) is 25.7 Å². The maximum Gasteiger partial charge on any atom is 0.343 e. The average molecular weight is 426 g/mol. The van der Waals surface area contributed by atoms with Gasteiger partial charge in [0.2, 0.25) is 10.0 Å². The fourth-order valence-electron chi connectivity index (χ4n) is 2.67. The second kappa shape index (κ2) is 8.85. The third-order valence-corrected chi connectivity index (χ3v) is 6.12. The van der Waals surface area contributed by atoms with Gasteiger partial charge in [-0.25, -0.2) is 13.2 Å². The maximum atomic E-state index is 12.7. The number of nitrogens with zero attached hydrogens (tertiary/aromatic N) is 2. The molecule has 8 nitrogen and oxygen atoms in total. The summed E-state index contributed by atoms with van der Waals surface area (Å²) < 4.78 is 31.9. The lowest BCUT2D eigenvalue weighted by molar-refractivity contribution is -0.384. The SMILES string of the molecule is CN(Cc1ccccc1)S(=O)(=O)c1ccc(OC(=O)c2ccc([N+](=O)[O-])cc2)cc1. The summed E-state index contributed by atoms with van der Waals surface area (Å²) in [7, 11) is -2.23. The number of hydrogen-bond acceptors (Lipinski definition) is 6. The van der Waals surface area contributed by atoms with Gasteiger partial charge in [0.05, 0.1) is 15.4 Å². The van der Waals surface area contributed by atoms with Gasteiger partial charge in [-0.05, 0) is 42.0 Å². The number of non-ortho nitro benzene ring substituents is 1. The molecule has 0 saturated carbocycles. The first-order valence-electron chi connectivity index (χ1n) is 8.84. The molecular formula is C21H18N2O6S. The molecule has 0 aliphatic carbocycles. The van der Waals surface area contributed by atoms with Gasteiger partial charge < -0.3 is 4.74 Å². The summed E-state index contributed by atoms with van der Waals surface area (Å²) in [5.74, 6) is -0.551. The lowest BCUT2D eigenvalue weighted by atomic mass is 10.2. The van der Waals surface area contributed by atoms with Crippen molar-refractivity contribution in [3.05, 3.63) is 100 Å². The molecule has 0 unspecified atom stereocenters. The highest BCUT2D eigenvalue weighted by molar-refractivity contribution is 7.89. The van der Waals surface area contributed by atoms with E-state index < -0.39 is 20.9 Å². The molecule has 30 heavy (non-hydrogen) atoms. The van der Waals surface area contributed by atoms with E-state index in [1.165, 1.54) is 59.9 Å². The van der Waals surface area contributed by atoms with Crippen molar-refractivity contribution in [1.82, 2.24) is 4.31 Å². The van der Waals surface area contributed by atoms with Crippen molar-refractivity contribution in [2.45, 2.75) is 11.4 Å². The standard InChI is InChI=1S/C21H18N2O6S/c1-22(15-16-5-3-2-4-6-16)30(27,28)20-13-11-19(12-14-20)29-21(24)17-7-9-18(10-8-17)23(25)26/h2-14H,15H2,1H3. The number of nitro groups is 1. The van der Waals surface area contributed by atoms with Gasteiger partial charge in [-0.3, -0.25) is 10.1 Å². The van der Waals surface area contributed by atoms with Gasteiger partial charge in [0.15, 0.2) is 0 Å². The Kier molecular flexibility index (Phi) is 6.24. The van der Waals surface area contributed by atoms with Crippen LogP contribution in [-0.2, 0) is 16.6 Å². The van der Waals surface area contributed by atoms with Crippen LogP contribution in [0.4, 0.5) is 5.69 Å². The highest BCUT2D eigenvalue weighted by atomic mass is 32.2. The zero-order valence-corrected chi connectivity index (χ0v) is 16.8. The lowest BCUT2D eigenvalue weighted by Gasteiger charge is -2.17. The minimum atomic E-state index is -3.72. The second-order valence-electron chi connectivity index (χ2n) is 6.41. The average Bonchev–Trinajstić information content (AvgIpc) is 2.75. The second-order valence-corrected chi connectivity index (χ2v) is 8.46. The number of sulfonamides is 1. The van der Waals surface area contributed by atoms with E-state index in [0.717, 1.165) is 5.56 Å². The van der Waals surface area contributed by atoms with Crippen LogP contribution in [0.2, 0.25) is 0 Å². The number of ether oxygens (including phenoxy) is 1. The van der Waals surface area contributed by atoms with Crippen LogP contribution in [0.15, 0.2) is 83.8 Å². The van der Waals surface area contributed by atoms with Crippen molar-refractivity contribution in [3.63, 3.8) is 0 Å². The van der Waals surface area contributed by atoms with Crippen LogP contribution in [0.3, 0.4) is 0 Å². The van der Waals surface area contributed by atoms with Crippen LogP contribution < -0.4 is 4.74 Å². The van der Waals surface area contributed by atoms with Gasteiger partial charge in [-0.1, -0.05) is 30.3 Å². The van der Waals surface area contributed by atoms with Gasteiger partial charge in [-0.2, -0.15) is 4.31 Å². The quantitative estimate of drug-likeness (QED) is 0.247. The lowest BCUT2D eigenvalue weighted by Crippen LogP contribution is -2.26. The Hall–Kier alpha value is -3.56. The molecule has 0 aromatic heterocycles. The summed E-state index contributed by atoms with van der Waals surface area (Å²) in [6.07, 6.45) is 0. The van der Waals surface area contributed by atoms with E-state index in [1.807, 2.05) is 30.3 Å². The molecule has 0 N–H and O–H groups in total. The largest absolute Gasteiger partial charge is 0.423 e. The van der Waals surface area contributed by atoms with Crippen molar-refractivity contribution in [2.75, 3.05) is 7.05 Å². The number of esters is 1. The van der Waals surface area contributed by atoms with Crippen LogP contribution in [0, 0.1) is 10.1 Å². The number of carbonyl (C=O) groups is 1. The van der Waals surface area contributed by atoms with E-state index in [1.54, 1.807) is 0 Å². The number of benzene rings is 3. The van der Waals surface area contributed by atoms with E-state index >= 15 is 0 Å². The molecule has 0 aliphatic rings. The number of carbonyl (C=O) groups excluding carboxylic acids is 1. The van der Waals surface area contributed by atoms with Crippen LogP contribution >= 0.6 is 0 Å². The van der Waals surface area contributed by atoms with E-state index in [4.69, 9.17) is 4.74 Å². The van der Waals surface area contributed by atoms with Crippen LogP contribution in [0.5, 0.6) is 5.75 Å². The summed E-state index contributed by atoms with van der Waals surface area (Å²) in [5.41, 5.74) is 0.859. The van der Waals surface area contributed by atoms with Crippen molar-refractivity contribution < 1.29 is 22.9 Å². The first-order valence-corrected chi connectivity index (χ1v) is 10.3. The zero-order chi connectivity index (χ0) is 21.7. The molecule has 3 aromatic rings. The molecule has 0 spiro atoms. The fraction of sp³-hybridized carbons (Fsp3) is 0.0952. The number of nitro benzene ring substituents is 1. The third-order valence-electron chi connectivity index (χ3n) is 4.30. The van der Waals surface area contributed by atoms with Crippen LogP contribution in [0.1, 0.15) is 15.9 Å². The van der Waals surface area contributed by atoms with Gasteiger partial charge >= 0.3 is 5.97 Å². The normalized spacial score (nSPS) is 11.3. The Balaban J connectivity index is 1.69. The van der Waals surface area contributed by atoms with Crippen molar-refractivity contribution in [1.29, 1.82) is 0 Å². The Morgan fingerprint density at radius 2 is 1.57 bits per heavy atom. The molecule has 0 fully saturated rings. The Bertz CT molecular complexity index is 1140. The molecule has 3 rings (SSSR count). The summed E-state index contributed by atoms with van der Waals surface area (Å²) in [6.45, 7) is 0.222. The molecule has 154 valence electrons. The van der Waals surface area contributed by atoms with Crippen LogP contribution in [-0.4, -0.2) is 30.7 Å². The Labute approximate surface area is 173 Å². The van der Waals surface area contributed by atoms with Gasteiger partial charge in [-0.15, -0.1) is 0 Å². The van der Waals surface area contributed by atoms with E-state index in [9.17, 15) is 23.3 Å². The molecule has 0 amide bonds. The number of hydrogen-bond donors (Lipinski definition) is 0. The van der Waals surface area contributed by atoms with Crippen molar-refractivity contribution >= 4 is 21.7 Å². The highest BCUT2D eigenvalue weighted by Crippen LogP contribution is 2.21. The van der Waals surface area contributed by atoms with E-state index in [0.29, 0.717) is 0 Å². The number of rotatable bonds is 7. The van der Waals surface area contributed by atoms with Gasteiger partial charge in [0.1, 0.15) is 5.75 Å². The molecule has 0 heterocycles. The predicted octanol–water partition coefficient (Wildman–Crippen LogP) is 3.63. The van der Waals surface area contributed by atoms with Crippen molar-refractivity contribution in [2.24, 2.45) is 0 Å². The van der Waals surface area contributed by atoms with Gasteiger partial charge in [0.25, 0.3) is 5.69 Å². The van der Waals surface area contributed by atoms with Crippen LogP contribution in [0.25, 0.3) is 0 Å². The first kappa shape index (κ1) is 21.2. The molecule has 0 bridgehead atoms. The first-order chi connectivity index (χ1) is 14.3. The Morgan fingerprint density at radius 3 is 2.13 bits per heavy atom. The summed E-state index contributed by atoms with van der Waals surface area (Å²) in [6, 6.07) is 19.7. The minimum Gasteiger partial charge on any atom is -0.423 e. The van der Waals surface area contributed by atoms with E-state index in [-0.39, 0.29) is 28.4 Å². The molecule has 0 aliphatic heterocycles. The molecule has 0 atom stereocenters. The molecular weight excluding hydrogens is 408 g/mol. The third kappa shape index (κ3) is 4.88. The Morgan fingerprint density at radius 1 is 0.967 bits per heavy atom. The molecule has 9 heteroatoms. The smallest absolute Gasteiger partial charge is 0.343 e. The molecule has 0 radical (unpaired) electrons. The van der Waals surface area contributed by atoms with Crippen molar-refractivity contribution in [3.8, 4) is 5.75 Å². The monoisotopic (exact) mass is 426 g/mol. The predicted molar refractivity (Wildman–Crippen MR) is 110 cm³/mol. The summed E-state index contributed by atoms with van der Waals surface area (Å²) in [5, 5.41) is 10.7. The topological polar surface area (TPSA) is 107 Å². The molecule has 3 aromatic carbocycles. The minimum absolute atomic E-state index is 0.0658. The zero-order valence-electron chi connectivity index (χ0n) is 16.0. The molecule has 0 saturated heterocycles. The summed E-state index contributed by atoms with van der Waals surface area (Å²) >= 11 is 0. The summed E-state index contributed by atoms with van der Waals surface area (Å²) in [4.78, 5) is 22.3. The highest BCUT2D eigenvalue weighted by Gasteiger charge is 2.21.